The number of furan rings is 4. The lowest BCUT2D eigenvalue weighted by Crippen LogP contribution is -1.97. The Morgan fingerprint density at radius 3 is 0.952 bits per heavy atom. The van der Waals surface area contributed by atoms with E-state index in [4.69, 9.17) is 37.6 Å². The molecule has 14 aromatic carbocycles. The highest BCUT2D eigenvalue weighted by Crippen LogP contribution is 2.45. The van der Waals surface area contributed by atoms with E-state index >= 15 is 0 Å². The zero-order valence-corrected chi connectivity index (χ0v) is 55.5. The van der Waals surface area contributed by atoms with E-state index in [9.17, 15) is 10.5 Å². The zero-order valence-electron chi connectivity index (χ0n) is 55.5. The van der Waals surface area contributed by atoms with E-state index in [-0.39, 0.29) is 0 Å². The lowest BCUT2D eigenvalue weighted by atomic mass is 9.93. The Bertz CT molecular complexity index is 6650. The number of nitrogens with zero attached hydrogens (tertiary/aromatic N) is 6. The Kier molecular flexibility index (Phi) is 14.7. The normalized spacial score (nSPS) is 11.4. The molecule has 0 fully saturated rings. The maximum Gasteiger partial charge on any atom is 0.160 e. The molecule has 0 N–H and O–H groups in total. The van der Waals surface area contributed by atoms with Crippen molar-refractivity contribution in [3.05, 3.63) is 339 Å². The summed E-state index contributed by atoms with van der Waals surface area (Å²) < 4.78 is 25.4. The first-order valence-corrected chi connectivity index (χ1v) is 34.2. The highest BCUT2D eigenvalue weighted by molar-refractivity contribution is 6.13. The SMILES string of the molecule is N#Cc1ccccc1-c1cc(-c2cc(-c3ccc4oc5ccccc5c4c3)cc(-c3ccc4oc5ccccc5c4c3)c2)nc(-c2ccccc2)n1.N#Cc1ccccc1-c1cc(-c2cc(-c3cccc4c3oc3ccccc34)cc(-c3cccc4c3oc3ccccc34)c2)nc(-c2ccccc2)n1. The van der Waals surface area contributed by atoms with Crippen LogP contribution in [0, 0.1) is 22.7 Å². The molecular formula is C94H54N6O4. The molecule has 0 unspecified atom stereocenters. The number of fused-ring (bicyclic) bond motifs is 12. The van der Waals surface area contributed by atoms with Gasteiger partial charge in [-0.15, -0.1) is 0 Å². The smallest absolute Gasteiger partial charge is 0.160 e. The number of nitriles is 2. The molecule has 0 saturated heterocycles. The van der Waals surface area contributed by atoms with Gasteiger partial charge < -0.3 is 17.7 Å². The molecule has 10 heteroatoms. The van der Waals surface area contributed by atoms with Crippen LogP contribution < -0.4 is 0 Å². The molecule has 0 radical (unpaired) electrons. The van der Waals surface area contributed by atoms with E-state index in [1.807, 2.05) is 194 Å². The summed E-state index contributed by atoms with van der Waals surface area (Å²) in [6.07, 6.45) is 0. The summed E-state index contributed by atoms with van der Waals surface area (Å²) in [7, 11) is 0. The molecular weight excluding hydrogens is 1280 g/mol. The predicted octanol–water partition coefficient (Wildman–Crippen LogP) is 25.0. The third-order valence-corrected chi connectivity index (χ3v) is 19.5. The van der Waals surface area contributed by atoms with Gasteiger partial charge in [0.05, 0.1) is 46.0 Å². The van der Waals surface area contributed by atoms with Crippen LogP contribution in [0.3, 0.4) is 0 Å². The van der Waals surface area contributed by atoms with Crippen molar-refractivity contribution in [2.24, 2.45) is 0 Å². The summed E-state index contributed by atoms with van der Waals surface area (Å²) in [5.74, 6) is 1.16. The highest BCUT2D eigenvalue weighted by Gasteiger charge is 2.22. The molecule has 10 nitrogen and oxygen atoms in total. The fourth-order valence-corrected chi connectivity index (χ4v) is 14.5. The lowest BCUT2D eigenvalue weighted by Gasteiger charge is -2.14. The maximum absolute atomic E-state index is 10.0. The molecule has 20 rings (SSSR count). The number of hydrogen-bond acceptors (Lipinski definition) is 10. The van der Waals surface area contributed by atoms with Gasteiger partial charge in [0, 0.05) is 87.6 Å². The highest BCUT2D eigenvalue weighted by atomic mass is 16.3. The van der Waals surface area contributed by atoms with Crippen LogP contribution in [-0.4, -0.2) is 19.9 Å². The summed E-state index contributed by atoms with van der Waals surface area (Å²) in [6, 6.07) is 115. The van der Waals surface area contributed by atoms with Crippen molar-refractivity contribution in [1.29, 1.82) is 10.5 Å². The van der Waals surface area contributed by atoms with E-state index < -0.39 is 0 Å². The monoisotopic (exact) mass is 1330 g/mol. The first kappa shape index (κ1) is 60.6. The molecule has 104 heavy (non-hydrogen) atoms. The van der Waals surface area contributed by atoms with E-state index in [2.05, 4.69) is 146 Å². The Morgan fingerprint density at radius 1 is 0.202 bits per heavy atom. The van der Waals surface area contributed by atoms with Gasteiger partial charge >= 0.3 is 0 Å². The van der Waals surface area contributed by atoms with Gasteiger partial charge in [-0.1, -0.05) is 218 Å². The van der Waals surface area contributed by atoms with E-state index in [0.29, 0.717) is 34.2 Å². The quantitative estimate of drug-likeness (QED) is 0.129. The van der Waals surface area contributed by atoms with Crippen LogP contribution in [0.1, 0.15) is 11.1 Å². The summed E-state index contributed by atoms with van der Waals surface area (Å²) in [4.78, 5) is 20.4. The molecule has 20 aromatic rings. The average Bonchev–Trinajstić information content (AvgIpc) is 1.52. The van der Waals surface area contributed by atoms with Crippen molar-refractivity contribution >= 4 is 87.8 Å². The van der Waals surface area contributed by atoms with Gasteiger partial charge in [0.1, 0.15) is 44.7 Å². The van der Waals surface area contributed by atoms with Crippen LogP contribution in [0.4, 0.5) is 0 Å². The largest absolute Gasteiger partial charge is 0.456 e. The van der Waals surface area contributed by atoms with Gasteiger partial charge in [-0.05, 0) is 143 Å². The van der Waals surface area contributed by atoms with Gasteiger partial charge in [-0.25, -0.2) is 19.9 Å². The maximum atomic E-state index is 10.0. The summed E-state index contributed by atoms with van der Waals surface area (Å²) in [5.41, 5.74) is 23.9. The topological polar surface area (TPSA) is 152 Å². The Hall–Kier alpha value is -14.6. The fraction of sp³-hybridized carbons (Fsp3) is 0. The van der Waals surface area contributed by atoms with Crippen molar-refractivity contribution in [3.63, 3.8) is 0 Å². The van der Waals surface area contributed by atoms with Crippen LogP contribution >= 0.6 is 0 Å². The first-order chi connectivity index (χ1) is 51.4. The minimum absolute atomic E-state index is 0.550. The summed E-state index contributed by atoms with van der Waals surface area (Å²) in [6.45, 7) is 0. The third kappa shape index (κ3) is 10.8. The fourth-order valence-electron chi connectivity index (χ4n) is 14.5. The number of aromatic nitrogens is 4. The van der Waals surface area contributed by atoms with E-state index in [1.165, 1.54) is 0 Å². The Morgan fingerprint density at radius 2 is 0.519 bits per heavy atom. The number of para-hydroxylation sites is 6. The molecule has 0 aliphatic carbocycles. The summed E-state index contributed by atoms with van der Waals surface area (Å²) in [5, 5.41) is 28.6. The van der Waals surface area contributed by atoms with Crippen LogP contribution in [0.2, 0.25) is 0 Å². The Labute approximate surface area is 595 Å². The van der Waals surface area contributed by atoms with Crippen molar-refractivity contribution < 1.29 is 17.7 Å². The second-order valence-corrected chi connectivity index (χ2v) is 25.7. The number of hydrogen-bond donors (Lipinski definition) is 0. The van der Waals surface area contributed by atoms with Crippen LogP contribution in [-0.2, 0) is 0 Å². The standard InChI is InChI=1S/2C47H27N3O2/c48-28-30-14-4-5-15-34(30)42-27-41(49-47(50-42)29-12-2-1-3-13-29)33-25-31(35-18-10-20-39-37-16-6-8-22-43(37)51-45(35)39)24-32(26-33)36-19-11-21-40-38-17-7-9-23-44(38)52-46(36)40;48-28-32-12-4-5-13-36(32)42-27-41(49-47(50-42)29-10-2-1-3-11-29)35-23-33(30-18-20-45-39(25-30)37-14-6-8-16-43(37)51-45)22-34(24-35)31-19-21-46-40(26-31)38-15-7-9-17-44(38)52-46/h2*1-27H. The second kappa shape index (κ2) is 25.3. The van der Waals surface area contributed by atoms with Crippen molar-refractivity contribution in [2.45, 2.75) is 0 Å². The second-order valence-electron chi connectivity index (χ2n) is 25.7. The Balaban J connectivity index is 0.000000143. The molecule has 0 saturated carbocycles. The molecule has 484 valence electrons. The molecule has 0 spiro atoms. The van der Waals surface area contributed by atoms with Crippen LogP contribution in [0.5, 0.6) is 0 Å². The molecule has 6 heterocycles. The minimum atomic E-state index is 0.550. The first-order valence-electron chi connectivity index (χ1n) is 34.2. The van der Waals surface area contributed by atoms with Gasteiger partial charge in [-0.3, -0.25) is 0 Å². The van der Waals surface area contributed by atoms with Crippen molar-refractivity contribution in [1.82, 2.24) is 19.9 Å². The minimum Gasteiger partial charge on any atom is -0.456 e. The summed E-state index contributed by atoms with van der Waals surface area (Å²) >= 11 is 0. The van der Waals surface area contributed by atoms with Gasteiger partial charge in [-0.2, -0.15) is 10.5 Å². The van der Waals surface area contributed by atoms with E-state index in [0.717, 1.165) is 177 Å². The van der Waals surface area contributed by atoms with E-state index in [1.54, 1.807) is 0 Å². The third-order valence-electron chi connectivity index (χ3n) is 19.5. The van der Waals surface area contributed by atoms with Gasteiger partial charge in [0.15, 0.2) is 11.6 Å². The van der Waals surface area contributed by atoms with Gasteiger partial charge in [0.2, 0.25) is 0 Å². The molecule has 0 atom stereocenters. The molecule has 6 aromatic heterocycles. The number of benzene rings is 14. The van der Waals surface area contributed by atoms with Crippen LogP contribution in [0.25, 0.3) is 200 Å². The molecule has 0 amide bonds. The average molecular weight is 1330 g/mol. The van der Waals surface area contributed by atoms with Crippen molar-refractivity contribution in [2.75, 3.05) is 0 Å². The van der Waals surface area contributed by atoms with Gasteiger partial charge in [0.25, 0.3) is 0 Å². The van der Waals surface area contributed by atoms with Crippen LogP contribution in [0.15, 0.2) is 345 Å². The number of rotatable bonds is 10. The predicted molar refractivity (Wildman–Crippen MR) is 417 cm³/mol. The lowest BCUT2D eigenvalue weighted by molar-refractivity contribution is 0.668. The van der Waals surface area contributed by atoms with Crippen molar-refractivity contribution in [3.8, 4) is 124 Å². The molecule has 0 aliphatic rings. The molecule has 0 aliphatic heterocycles. The molecule has 0 bridgehead atoms. The zero-order chi connectivity index (χ0) is 69.2.